The Hall–Kier alpha value is -1.75. The third-order valence-corrected chi connectivity index (χ3v) is 4.13. The van der Waals surface area contributed by atoms with Crippen LogP contribution in [0.4, 0.5) is 0 Å². The van der Waals surface area contributed by atoms with E-state index in [1.54, 1.807) is 12.4 Å². The average Bonchev–Trinajstić information content (AvgIpc) is 2.97. The molecular weight excluding hydrogens is 262 g/mol. The molecule has 0 aromatic carbocycles. The van der Waals surface area contributed by atoms with Crippen molar-refractivity contribution in [1.29, 1.82) is 0 Å². The number of likely N-dealkylation sites (tertiary alicyclic amines) is 1. The Labute approximate surface area is 126 Å². The van der Waals surface area contributed by atoms with Gasteiger partial charge in [-0.15, -0.1) is 0 Å². The van der Waals surface area contributed by atoms with Crippen LogP contribution in [-0.4, -0.2) is 37.7 Å². The molecule has 0 N–H and O–H groups in total. The lowest BCUT2D eigenvalue weighted by Crippen LogP contribution is -2.35. The molecule has 1 aliphatic heterocycles. The third-order valence-electron chi connectivity index (χ3n) is 4.13. The summed E-state index contributed by atoms with van der Waals surface area (Å²) in [6.45, 7) is 7.53. The van der Waals surface area contributed by atoms with E-state index in [4.69, 9.17) is 0 Å². The summed E-state index contributed by atoms with van der Waals surface area (Å²) in [7, 11) is 0. The van der Waals surface area contributed by atoms with Crippen molar-refractivity contribution >= 4 is 0 Å². The molecule has 112 valence electrons. The van der Waals surface area contributed by atoms with Crippen LogP contribution in [0.2, 0.25) is 0 Å². The summed E-state index contributed by atoms with van der Waals surface area (Å²) in [5, 5.41) is 4.43. The first-order chi connectivity index (χ1) is 10.2. The Morgan fingerprint density at radius 1 is 1.29 bits per heavy atom. The van der Waals surface area contributed by atoms with Crippen LogP contribution in [0.3, 0.4) is 0 Å². The van der Waals surface area contributed by atoms with Crippen molar-refractivity contribution in [1.82, 2.24) is 24.6 Å². The van der Waals surface area contributed by atoms with E-state index in [0.717, 1.165) is 25.3 Å². The van der Waals surface area contributed by atoms with Crippen LogP contribution < -0.4 is 0 Å². The number of piperidine rings is 1. The zero-order valence-corrected chi connectivity index (χ0v) is 12.8. The highest BCUT2D eigenvalue weighted by Gasteiger charge is 2.23. The quantitative estimate of drug-likeness (QED) is 0.866. The van der Waals surface area contributed by atoms with E-state index in [0.29, 0.717) is 12.0 Å². The van der Waals surface area contributed by atoms with Gasteiger partial charge in [0.05, 0.1) is 11.4 Å². The fourth-order valence-corrected chi connectivity index (χ4v) is 3.12. The Balaban J connectivity index is 1.68. The normalized spacial score (nSPS) is 20.0. The molecule has 1 aliphatic rings. The number of hydrogen-bond acceptors (Lipinski definition) is 4. The van der Waals surface area contributed by atoms with Gasteiger partial charge in [0, 0.05) is 49.8 Å². The van der Waals surface area contributed by atoms with E-state index in [-0.39, 0.29) is 0 Å². The molecule has 0 spiro atoms. The first kappa shape index (κ1) is 14.2. The maximum Gasteiger partial charge on any atom is 0.0630 e. The van der Waals surface area contributed by atoms with Crippen LogP contribution in [0.15, 0.2) is 30.9 Å². The van der Waals surface area contributed by atoms with E-state index in [1.807, 2.05) is 12.4 Å². The Morgan fingerprint density at radius 2 is 2.19 bits per heavy atom. The molecule has 0 bridgehead atoms. The standard InChI is InChI=1S/C16H23N5/c1-13(2)21-15(5-6-19-21)12-20-9-3-4-14(11-20)16-10-17-7-8-18-16/h5-8,10,13-14H,3-4,9,11-12H2,1-2H3. The minimum Gasteiger partial charge on any atom is -0.297 e. The Morgan fingerprint density at radius 3 is 2.95 bits per heavy atom. The van der Waals surface area contributed by atoms with Crippen molar-refractivity contribution in [3.63, 3.8) is 0 Å². The molecule has 3 rings (SSSR count). The largest absolute Gasteiger partial charge is 0.297 e. The fraction of sp³-hybridized carbons (Fsp3) is 0.562. The second-order valence-electron chi connectivity index (χ2n) is 6.07. The molecule has 1 unspecified atom stereocenters. The zero-order chi connectivity index (χ0) is 14.7. The van der Waals surface area contributed by atoms with Crippen molar-refractivity contribution in [2.24, 2.45) is 0 Å². The SMILES string of the molecule is CC(C)n1nccc1CN1CCCC(c2cnccn2)C1. The molecule has 0 radical (unpaired) electrons. The van der Waals surface area contributed by atoms with E-state index in [2.05, 4.69) is 44.6 Å². The molecule has 0 aliphatic carbocycles. The molecule has 1 fully saturated rings. The van der Waals surface area contributed by atoms with Gasteiger partial charge in [-0.3, -0.25) is 19.5 Å². The monoisotopic (exact) mass is 285 g/mol. The maximum atomic E-state index is 4.47. The van der Waals surface area contributed by atoms with Gasteiger partial charge in [0.15, 0.2) is 0 Å². The van der Waals surface area contributed by atoms with Crippen molar-refractivity contribution in [3.8, 4) is 0 Å². The number of hydrogen-bond donors (Lipinski definition) is 0. The lowest BCUT2D eigenvalue weighted by molar-refractivity contribution is 0.192. The minimum absolute atomic E-state index is 0.413. The molecule has 0 saturated carbocycles. The van der Waals surface area contributed by atoms with Crippen molar-refractivity contribution < 1.29 is 0 Å². The summed E-state index contributed by atoms with van der Waals surface area (Å²) < 4.78 is 2.12. The summed E-state index contributed by atoms with van der Waals surface area (Å²) in [6, 6.07) is 2.54. The second kappa shape index (κ2) is 6.35. The molecule has 0 amide bonds. The smallest absolute Gasteiger partial charge is 0.0630 e. The van der Waals surface area contributed by atoms with Gasteiger partial charge in [-0.25, -0.2) is 0 Å². The molecule has 1 atom stereocenters. The highest BCUT2D eigenvalue weighted by atomic mass is 15.3. The summed E-state index contributed by atoms with van der Waals surface area (Å²) >= 11 is 0. The van der Waals surface area contributed by atoms with E-state index < -0.39 is 0 Å². The summed E-state index contributed by atoms with van der Waals surface area (Å²) in [4.78, 5) is 11.2. The molecule has 2 aromatic rings. The van der Waals surface area contributed by atoms with Gasteiger partial charge in [-0.1, -0.05) is 0 Å². The Kier molecular flexibility index (Phi) is 4.29. The summed E-state index contributed by atoms with van der Waals surface area (Å²) in [6.07, 6.45) is 9.77. The van der Waals surface area contributed by atoms with Gasteiger partial charge in [0.2, 0.25) is 0 Å². The van der Waals surface area contributed by atoms with Crippen molar-refractivity contribution in [2.45, 2.75) is 45.2 Å². The molecule has 3 heterocycles. The van der Waals surface area contributed by atoms with E-state index in [9.17, 15) is 0 Å². The number of rotatable bonds is 4. The van der Waals surface area contributed by atoms with Crippen LogP contribution in [0.1, 0.15) is 50.0 Å². The Bertz CT molecular complexity index is 563. The van der Waals surface area contributed by atoms with Gasteiger partial charge in [-0.05, 0) is 39.3 Å². The average molecular weight is 285 g/mol. The zero-order valence-electron chi connectivity index (χ0n) is 12.8. The molecule has 21 heavy (non-hydrogen) atoms. The van der Waals surface area contributed by atoms with Crippen LogP contribution in [0.25, 0.3) is 0 Å². The predicted molar refractivity (Wildman–Crippen MR) is 81.9 cm³/mol. The van der Waals surface area contributed by atoms with Crippen molar-refractivity contribution in [2.75, 3.05) is 13.1 Å². The highest BCUT2D eigenvalue weighted by molar-refractivity contribution is 5.07. The van der Waals surface area contributed by atoms with Crippen LogP contribution in [-0.2, 0) is 6.54 Å². The second-order valence-corrected chi connectivity index (χ2v) is 6.07. The molecular formula is C16H23N5. The molecule has 2 aromatic heterocycles. The lowest BCUT2D eigenvalue weighted by Gasteiger charge is -2.32. The number of aromatic nitrogens is 4. The third kappa shape index (κ3) is 3.29. The predicted octanol–water partition coefficient (Wildman–Crippen LogP) is 2.63. The summed E-state index contributed by atoms with van der Waals surface area (Å²) in [5.74, 6) is 0.503. The first-order valence-electron chi connectivity index (χ1n) is 7.74. The van der Waals surface area contributed by atoms with Crippen LogP contribution >= 0.6 is 0 Å². The van der Waals surface area contributed by atoms with Crippen molar-refractivity contribution in [3.05, 3.63) is 42.2 Å². The van der Waals surface area contributed by atoms with Gasteiger partial charge in [0.1, 0.15) is 0 Å². The molecule has 1 saturated heterocycles. The lowest BCUT2D eigenvalue weighted by atomic mass is 9.95. The fourth-order valence-electron chi connectivity index (χ4n) is 3.12. The summed E-state index contributed by atoms with van der Waals surface area (Å²) in [5.41, 5.74) is 2.42. The van der Waals surface area contributed by atoms with Gasteiger partial charge in [-0.2, -0.15) is 5.10 Å². The topological polar surface area (TPSA) is 46.8 Å². The van der Waals surface area contributed by atoms with E-state index >= 15 is 0 Å². The highest BCUT2D eigenvalue weighted by Crippen LogP contribution is 2.26. The van der Waals surface area contributed by atoms with Crippen LogP contribution in [0, 0.1) is 0 Å². The van der Waals surface area contributed by atoms with Gasteiger partial charge < -0.3 is 0 Å². The van der Waals surface area contributed by atoms with Gasteiger partial charge in [0.25, 0.3) is 0 Å². The maximum absolute atomic E-state index is 4.47. The molecule has 5 nitrogen and oxygen atoms in total. The van der Waals surface area contributed by atoms with Crippen LogP contribution in [0.5, 0.6) is 0 Å². The first-order valence-corrected chi connectivity index (χ1v) is 7.74. The van der Waals surface area contributed by atoms with Gasteiger partial charge >= 0.3 is 0 Å². The number of nitrogens with zero attached hydrogens (tertiary/aromatic N) is 5. The molecule has 5 heteroatoms. The minimum atomic E-state index is 0.413. The van der Waals surface area contributed by atoms with E-state index in [1.165, 1.54) is 18.5 Å².